The minimum atomic E-state index is -0.396. The topological polar surface area (TPSA) is 75.4 Å². The van der Waals surface area contributed by atoms with E-state index in [-0.39, 0.29) is 18.2 Å². The van der Waals surface area contributed by atoms with Gasteiger partial charge in [0.15, 0.2) is 0 Å². The first-order valence-electron chi connectivity index (χ1n) is 7.67. The molecule has 0 fully saturated rings. The zero-order chi connectivity index (χ0) is 18.2. The Hall–Kier alpha value is -2.02. The van der Waals surface area contributed by atoms with E-state index in [9.17, 15) is 9.59 Å². The van der Waals surface area contributed by atoms with E-state index >= 15 is 0 Å². The standard InChI is InChI=1S/C18H20ClN3O2S/c1-22(10-13-5-4-6-14(19)9-13)11-18(24)21-15-7-2-3-8-16(15)25-12-17(20)23/h2-9H,10-12H2,1H3,(H2,20,23)(H,21,24). The lowest BCUT2D eigenvalue weighted by Crippen LogP contribution is -2.30. The molecule has 132 valence electrons. The lowest BCUT2D eigenvalue weighted by molar-refractivity contribution is -0.117. The van der Waals surface area contributed by atoms with Crippen LogP contribution in [0.2, 0.25) is 5.02 Å². The highest BCUT2D eigenvalue weighted by molar-refractivity contribution is 8.00. The van der Waals surface area contributed by atoms with Crippen molar-refractivity contribution >= 4 is 40.9 Å². The average Bonchev–Trinajstić information content (AvgIpc) is 2.53. The molecule has 2 aromatic carbocycles. The summed E-state index contributed by atoms with van der Waals surface area (Å²) in [5.74, 6) is -0.356. The number of nitrogens with two attached hydrogens (primary N) is 1. The molecule has 0 spiro atoms. The van der Waals surface area contributed by atoms with Crippen LogP contribution in [0.1, 0.15) is 5.56 Å². The van der Waals surface area contributed by atoms with Gasteiger partial charge in [0.25, 0.3) is 0 Å². The first-order chi connectivity index (χ1) is 11.9. The van der Waals surface area contributed by atoms with Gasteiger partial charge in [-0.25, -0.2) is 0 Å². The Balaban J connectivity index is 1.92. The van der Waals surface area contributed by atoms with Gasteiger partial charge in [0, 0.05) is 16.5 Å². The number of benzene rings is 2. The van der Waals surface area contributed by atoms with Gasteiger partial charge in [-0.05, 0) is 36.9 Å². The Morgan fingerprint density at radius 2 is 1.96 bits per heavy atom. The summed E-state index contributed by atoms with van der Waals surface area (Å²) in [7, 11) is 1.87. The van der Waals surface area contributed by atoms with Crippen molar-refractivity contribution in [2.24, 2.45) is 5.73 Å². The van der Waals surface area contributed by atoms with Crippen LogP contribution in [0.15, 0.2) is 53.4 Å². The van der Waals surface area contributed by atoms with E-state index in [4.69, 9.17) is 17.3 Å². The van der Waals surface area contributed by atoms with Crippen molar-refractivity contribution in [2.45, 2.75) is 11.4 Å². The highest BCUT2D eigenvalue weighted by Gasteiger charge is 2.11. The number of para-hydroxylation sites is 1. The van der Waals surface area contributed by atoms with Crippen LogP contribution in [0.5, 0.6) is 0 Å². The molecule has 0 aromatic heterocycles. The van der Waals surface area contributed by atoms with Crippen molar-refractivity contribution in [1.82, 2.24) is 4.90 Å². The van der Waals surface area contributed by atoms with Gasteiger partial charge >= 0.3 is 0 Å². The molecule has 5 nitrogen and oxygen atoms in total. The number of nitrogens with zero attached hydrogens (tertiary/aromatic N) is 1. The molecule has 0 unspecified atom stereocenters. The number of thioether (sulfide) groups is 1. The number of primary amides is 1. The summed E-state index contributed by atoms with van der Waals surface area (Å²) in [5.41, 5.74) is 6.90. The molecule has 0 bridgehead atoms. The third-order valence-electron chi connectivity index (χ3n) is 3.29. The average molecular weight is 378 g/mol. The van der Waals surface area contributed by atoms with Crippen LogP contribution < -0.4 is 11.1 Å². The van der Waals surface area contributed by atoms with Crippen LogP contribution in [0, 0.1) is 0 Å². The Labute approximate surface area is 156 Å². The smallest absolute Gasteiger partial charge is 0.238 e. The van der Waals surface area contributed by atoms with Gasteiger partial charge in [-0.1, -0.05) is 35.9 Å². The minimum absolute atomic E-state index is 0.128. The first-order valence-corrected chi connectivity index (χ1v) is 9.03. The maximum Gasteiger partial charge on any atom is 0.238 e. The van der Waals surface area contributed by atoms with Crippen LogP contribution in [0.4, 0.5) is 5.69 Å². The number of likely N-dealkylation sites (N-methyl/N-ethyl adjacent to an activating group) is 1. The first kappa shape index (κ1) is 19.3. The number of carbonyl (C=O) groups excluding carboxylic acids is 2. The van der Waals surface area contributed by atoms with Crippen molar-refractivity contribution in [1.29, 1.82) is 0 Å². The van der Waals surface area contributed by atoms with Gasteiger partial charge in [-0.3, -0.25) is 14.5 Å². The number of halogens is 1. The molecule has 0 radical (unpaired) electrons. The van der Waals surface area contributed by atoms with E-state index in [0.29, 0.717) is 17.3 Å². The fourth-order valence-corrected chi connectivity index (χ4v) is 3.24. The second-order valence-electron chi connectivity index (χ2n) is 5.60. The number of hydrogen-bond donors (Lipinski definition) is 2. The SMILES string of the molecule is CN(CC(=O)Nc1ccccc1SCC(N)=O)Cc1cccc(Cl)c1. The van der Waals surface area contributed by atoms with E-state index in [1.165, 1.54) is 11.8 Å². The van der Waals surface area contributed by atoms with E-state index in [0.717, 1.165) is 10.5 Å². The molecule has 0 aliphatic rings. The van der Waals surface area contributed by atoms with Crippen LogP contribution in [0.3, 0.4) is 0 Å². The highest BCUT2D eigenvalue weighted by Crippen LogP contribution is 2.26. The van der Waals surface area contributed by atoms with Crippen molar-refractivity contribution in [2.75, 3.05) is 24.7 Å². The fraction of sp³-hybridized carbons (Fsp3) is 0.222. The van der Waals surface area contributed by atoms with Gasteiger partial charge in [-0.15, -0.1) is 11.8 Å². The maximum absolute atomic E-state index is 12.3. The maximum atomic E-state index is 12.3. The second kappa shape index (κ2) is 9.46. The summed E-state index contributed by atoms with van der Waals surface area (Å²) in [5, 5.41) is 3.56. The zero-order valence-electron chi connectivity index (χ0n) is 13.9. The van der Waals surface area contributed by atoms with E-state index in [1.54, 1.807) is 6.07 Å². The Kier molecular flexibility index (Phi) is 7.31. The minimum Gasteiger partial charge on any atom is -0.369 e. The summed E-state index contributed by atoms with van der Waals surface area (Å²) < 4.78 is 0. The molecule has 0 saturated heterocycles. The number of carbonyl (C=O) groups is 2. The Morgan fingerprint density at radius 1 is 1.20 bits per heavy atom. The predicted molar refractivity (Wildman–Crippen MR) is 103 cm³/mol. The molecule has 0 aliphatic carbocycles. The third kappa shape index (κ3) is 6.78. The van der Waals surface area contributed by atoms with Crippen LogP contribution in [0.25, 0.3) is 0 Å². The molecule has 2 aromatic rings. The fourth-order valence-electron chi connectivity index (χ4n) is 2.28. The van der Waals surface area contributed by atoms with Gasteiger partial charge < -0.3 is 11.1 Å². The van der Waals surface area contributed by atoms with Crippen molar-refractivity contribution < 1.29 is 9.59 Å². The second-order valence-corrected chi connectivity index (χ2v) is 7.06. The van der Waals surface area contributed by atoms with Gasteiger partial charge in [0.2, 0.25) is 11.8 Å². The molecular formula is C18H20ClN3O2S. The molecule has 0 heterocycles. The lowest BCUT2D eigenvalue weighted by Gasteiger charge is -2.17. The zero-order valence-corrected chi connectivity index (χ0v) is 15.4. The number of nitrogens with one attached hydrogen (secondary N) is 1. The highest BCUT2D eigenvalue weighted by atomic mass is 35.5. The summed E-state index contributed by atoms with van der Waals surface area (Å²) in [4.78, 5) is 26.0. The van der Waals surface area contributed by atoms with Crippen LogP contribution >= 0.6 is 23.4 Å². The van der Waals surface area contributed by atoms with E-state index in [2.05, 4.69) is 5.32 Å². The molecule has 0 atom stereocenters. The van der Waals surface area contributed by atoms with Crippen molar-refractivity contribution in [3.8, 4) is 0 Å². The quantitative estimate of drug-likeness (QED) is 0.693. The Bertz CT molecular complexity index is 755. The van der Waals surface area contributed by atoms with E-state index in [1.807, 2.05) is 54.4 Å². The van der Waals surface area contributed by atoms with Gasteiger partial charge in [0.1, 0.15) is 0 Å². The third-order valence-corrected chi connectivity index (χ3v) is 4.62. The molecule has 25 heavy (non-hydrogen) atoms. The monoisotopic (exact) mass is 377 g/mol. The molecular weight excluding hydrogens is 358 g/mol. The summed E-state index contributed by atoms with van der Waals surface area (Å²) >= 11 is 7.28. The Morgan fingerprint density at radius 3 is 2.68 bits per heavy atom. The summed E-state index contributed by atoms with van der Waals surface area (Å²) in [6.07, 6.45) is 0. The van der Waals surface area contributed by atoms with Gasteiger partial charge in [-0.2, -0.15) is 0 Å². The molecule has 0 saturated carbocycles. The largest absolute Gasteiger partial charge is 0.369 e. The molecule has 2 amide bonds. The summed E-state index contributed by atoms with van der Waals surface area (Å²) in [6.45, 7) is 0.855. The molecule has 2 rings (SSSR count). The van der Waals surface area contributed by atoms with Crippen LogP contribution in [-0.2, 0) is 16.1 Å². The number of amides is 2. The lowest BCUT2D eigenvalue weighted by atomic mass is 10.2. The molecule has 7 heteroatoms. The van der Waals surface area contributed by atoms with Crippen LogP contribution in [-0.4, -0.2) is 36.1 Å². The predicted octanol–water partition coefficient (Wildman–Crippen LogP) is 2.99. The van der Waals surface area contributed by atoms with Gasteiger partial charge in [0.05, 0.1) is 18.0 Å². The van der Waals surface area contributed by atoms with Crippen molar-refractivity contribution in [3.05, 3.63) is 59.1 Å². The summed E-state index contributed by atoms with van der Waals surface area (Å²) in [6, 6.07) is 14.9. The number of hydrogen-bond acceptors (Lipinski definition) is 4. The number of rotatable bonds is 8. The van der Waals surface area contributed by atoms with E-state index < -0.39 is 5.91 Å². The van der Waals surface area contributed by atoms with Crippen molar-refractivity contribution in [3.63, 3.8) is 0 Å². The molecule has 0 aliphatic heterocycles. The number of anilines is 1. The normalized spacial score (nSPS) is 10.7. The molecule has 3 N–H and O–H groups in total.